The molecule has 2 rings (SSSR count). The molecule has 3 heteroatoms. The van der Waals surface area contributed by atoms with Crippen molar-refractivity contribution in [1.82, 2.24) is 4.90 Å². The van der Waals surface area contributed by atoms with Crippen LogP contribution in [0.4, 0.5) is 0 Å². The maximum atomic E-state index is 12.2. The van der Waals surface area contributed by atoms with Crippen LogP contribution in [0.5, 0.6) is 0 Å². The third kappa shape index (κ3) is 2.42. The summed E-state index contributed by atoms with van der Waals surface area (Å²) in [5.74, 6) is 0.177. The van der Waals surface area contributed by atoms with Crippen LogP contribution in [0.15, 0.2) is 24.3 Å². The average Bonchev–Trinajstić information content (AvgIpc) is 2.29. The molecule has 86 valence electrons. The highest BCUT2D eigenvalue weighted by Crippen LogP contribution is 2.07. The average molecular weight is 219 g/mol. The molecule has 0 spiro atoms. The summed E-state index contributed by atoms with van der Waals surface area (Å²) in [5, 5.41) is 0. The van der Waals surface area contributed by atoms with Gasteiger partial charge < -0.3 is 9.80 Å². The number of quaternary nitrogens is 1. The summed E-state index contributed by atoms with van der Waals surface area (Å²) >= 11 is 0. The number of aryl methyl sites for hydroxylation is 1. The number of hydrogen-bond donors (Lipinski definition) is 1. The molecule has 0 unspecified atom stereocenters. The monoisotopic (exact) mass is 219 g/mol. The summed E-state index contributed by atoms with van der Waals surface area (Å²) in [6.45, 7) is 5.87. The van der Waals surface area contributed by atoms with E-state index in [1.54, 1.807) is 0 Å². The van der Waals surface area contributed by atoms with Gasteiger partial charge in [0.05, 0.1) is 33.2 Å². The molecule has 1 amide bonds. The van der Waals surface area contributed by atoms with Gasteiger partial charge in [-0.15, -0.1) is 0 Å². The van der Waals surface area contributed by atoms with E-state index in [0.717, 1.165) is 37.3 Å². The first-order chi connectivity index (χ1) is 7.66. The fourth-order valence-corrected chi connectivity index (χ4v) is 2.05. The molecule has 16 heavy (non-hydrogen) atoms. The molecule has 1 aromatic rings. The van der Waals surface area contributed by atoms with Gasteiger partial charge in [0.1, 0.15) is 0 Å². The fourth-order valence-electron chi connectivity index (χ4n) is 2.05. The van der Waals surface area contributed by atoms with Gasteiger partial charge in [-0.1, -0.05) is 17.7 Å². The van der Waals surface area contributed by atoms with Gasteiger partial charge in [-0.25, -0.2) is 0 Å². The molecule has 0 bridgehead atoms. The SMILES string of the molecule is Cc1cccc(C(=O)N2CC[NH+](C)CC2)c1. The summed E-state index contributed by atoms with van der Waals surface area (Å²) in [4.78, 5) is 15.6. The third-order valence-corrected chi connectivity index (χ3v) is 3.17. The van der Waals surface area contributed by atoms with Gasteiger partial charge in [-0.3, -0.25) is 4.79 Å². The molecule has 0 saturated carbocycles. The van der Waals surface area contributed by atoms with Crippen LogP contribution >= 0.6 is 0 Å². The number of carbonyl (C=O) groups is 1. The largest absolute Gasteiger partial charge is 0.334 e. The van der Waals surface area contributed by atoms with Crippen molar-refractivity contribution in [2.75, 3.05) is 33.2 Å². The van der Waals surface area contributed by atoms with Gasteiger partial charge in [0.25, 0.3) is 5.91 Å². The highest BCUT2D eigenvalue weighted by Gasteiger charge is 2.22. The van der Waals surface area contributed by atoms with Crippen LogP contribution in [-0.2, 0) is 0 Å². The molecule has 1 aromatic carbocycles. The van der Waals surface area contributed by atoms with Crippen LogP contribution in [-0.4, -0.2) is 44.0 Å². The van der Waals surface area contributed by atoms with Gasteiger partial charge in [-0.2, -0.15) is 0 Å². The fraction of sp³-hybridized carbons (Fsp3) is 0.462. The van der Waals surface area contributed by atoms with Crippen LogP contribution < -0.4 is 4.90 Å². The summed E-state index contributed by atoms with van der Waals surface area (Å²) in [7, 11) is 2.18. The molecule has 1 aliphatic heterocycles. The number of amides is 1. The van der Waals surface area contributed by atoms with Crippen LogP contribution in [0.3, 0.4) is 0 Å². The first kappa shape index (κ1) is 11.1. The van der Waals surface area contributed by atoms with Crippen molar-refractivity contribution in [2.24, 2.45) is 0 Å². The van der Waals surface area contributed by atoms with Gasteiger partial charge in [-0.05, 0) is 19.1 Å². The Bertz CT molecular complexity index is 381. The van der Waals surface area contributed by atoms with Gasteiger partial charge in [0, 0.05) is 5.56 Å². The highest BCUT2D eigenvalue weighted by molar-refractivity contribution is 5.94. The minimum absolute atomic E-state index is 0.177. The number of nitrogens with zero attached hydrogens (tertiary/aromatic N) is 1. The number of hydrogen-bond acceptors (Lipinski definition) is 1. The Hall–Kier alpha value is -1.35. The van der Waals surface area contributed by atoms with E-state index in [-0.39, 0.29) is 5.91 Å². The number of benzene rings is 1. The normalized spacial score (nSPS) is 17.5. The van der Waals surface area contributed by atoms with Crippen LogP contribution in [0.2, 0.25) is 0 Å². The Labute approximate surface area is 96.7 Å². The summed E-state index contributed by atoms with van der Waals surface area (Å²) in [6.07, 6.45) is 0. The highest BCUT2D eigenvalue weighted by atomic mass is 16.2. The first-order valence-corrected chi connectivity index (χ1v) is 5.84. The smallest absolute Gasteiger partial charge is 0.254 e. The Morgan fingerprint density at radius 1 is 1.31 bits per heavy atom. The minimum Gasteiger partial charge on any atom is -0.334 e. The molecule has 1 fully saturated rings. The molecule has 0 aliphatic carbocycles. The lowest BCUT2D eigenvalue weighted by atomic mass is 10.1. The zero-order valence-electron chi connectivity index (χ0n) is 9.99. The van der Waals surface area contributed by atoms with E-state index >= 15 is 0 Å². The topological polar surface area (TPSA) is 24.8 Å². The standard InChI is InChI=1S/C13H18N2O/c1-11-4-3-5-12(10-11)13(16)15-8-6-14(2)7-9-15/h3-5,10H,6-9H2,1-2H3/p+1. The van der Waals surface area contributed by atoms with E-state index < -0.39 is 0 Å². The summed E-state index contributed by atoms with van der Waals surface area (Å²) < 4.78 is 0. The minimum atomic E-state index is 0.177. The second-order valence-electron chi connectivity index (χ2n) is 4.62. The van der Waals surface area contributed by atoms with E-state index in [4.69, 9.17) is 0 Å². The second kappa shape index (κ2) is 4.66. The van der Waals surface area contributed by atoms with E-state index in [1.807, 2.05) is 36.1 Å². The number of likely N-dealkylation sites (N-methyl/N-ethyl adjacent to an activating group) is 1. The maximum absolute atomic E-state index is 12.2. The quantitative estimate of drug-likeness (QED) is 0.704. The lowest BCUT2D eigenvalue weighted by Crippen LogP contribution is -3.12. The molecule has 1 saturated heterocycles. The van der Waals surface area contributed by atoms with Crippen molar-refractivity contribution in [3.05, 3.63) is 35.4 Å². The maximum Gasteiger partial charge on any atom is 0.254 e. The summed E-state index contributed by atoms with van der Waals surface area (Å²) in [5.41, 5.74) is 1.96. The van der Waals surface area contributed by atoms with Gasteiger partial charge in [0.2, 0.25) is 0 Å². The van der Waals surface area contributed by atoms with E-state index in [1.165, 1.54) is 4.90 Å². The molecular weight excluding hydrogens is 200 g/mol. The molecule has 1 aliphatic rings. The molecule has 1 N–H and O–H groups in total. The summed E-state index contributed by atoms with van der Waals surface area (Å²) in [6, 6.07) is 7.84. The molecule has 0 radical (unpaired) electrons. The molecule has 3 nitrogen and oxygen atoms in total. The lowest BCUT2D eigenvalue weighted by molar-refractivity contribution is -0.883. The Kier molecular flexibility index (Phi) is 3.25. The molecule has 0 aromatic heterocycles. The van der Waals surface area contributed by atoms with Crippen LogP contribution in [0, 0.1) is 6.92 Å². The number of rotatable bonds is 1. The van der Waals surface area contributed by atoms with E-state index in [9.17, 15) is 4.79 Å². The van der Waals surface area contributed by atoms with E-state index in [2.05, 4.69) is 7.05 Å². The van der Waals surface area contributed by atoms with Gasteiger partial charge >= 0.3 is 0 Å². The third-order valence-electron chi connectivity index (χ3n) is 3.17. The van der Waals surface area contributed by atoms with E-state index in [0.29, 0.717) is 0 Å². The Balaban J connectivity index is 2.08. The van der Waals surface area contributed by atoms with Crippen molar-refractivity contribution >= 4 is 5.91 Å². The zero-order valence-corrected chi connectivity index (χ0v) is 9.99. The molecular formula is C13H19N2O+. The predicted octanol–water partition coefficient (Wildman–Crippen LogP) is -0.0345. The van der Waals surface area contributed by atoms with Gasteiger partial charge in [0.15, 0.2) is 0 Å². The zero-order chi connectivity index (χ0) is 11.5. The van der Waals surface area contributed by atoms with Crippen molar-refractivity contribution in [3.8, 4) is 0 Å². The van der Waals surface area contributed by atoms with Crippen molar-refractivity contribution < 1.29 is 9.69 Å². The van der Waals surface area contributed by atoms with Crippen LogP contribution in [0.25, 0.3) is 0 Å². The predicted molar refractivity (Wildman–Crippen MR) is 63.7 cm³/mol. The number of nitrogens with one attached hydrogen (secondary N) is 1. The van der Waals surface area contributed by atoms with Crippen molar-refractivity contribution in [1.29, 1.82) is 0 Å². The Morgan fingerprint density at radius 3 is 2.62 bits per heavy atom. The Morgan fingerprint density at radius 2 is 2.00 bits per heavy atom. The number of carbonyl (C=O) groups excluding carboxylic acids is 1. The molecule has 1 heterocycles. The van der Waals surface area contributed by atoms with Crippen molar-refractivity contribution in [2.45, 2.75) is 6.92 Å². The first-order valence-electron chi connectivity index (χ1n) is 5.84. The molecule has 0 atom stereocenters. The number of piperazine rings is 1. The second-order valence-corrected chi connectivity index (χ2v) is 4.62. The lowest BCUT2D eigenvalue weighted by Gasteiger charge is -2.30. The van der Waals surface area contributed by atoms with Crippen LogP contribution in [0.1, 0.15) is 15.9 Å². The van der Waals surface area contributed by atoms with Crippen molar-refractivity contribution in [3.63, 3.8) is 0 Å².